The molecule has 0 spiro atoms. The number of carbonyl (C=O) groups is 1. The number of hydrogen-bond donors (Lipinski definition) is 2. The number of methoxy groups -OCH3 is 1. The van der Waals surface area contributed by atoms with E-state index >= 15 is 0 Å². The van der Waals surface area contributed by atoms with Crippen molar-refractivity contribution in [1.82, 2.24) is 4.98 Å². The Labute approximate surface area is 186 Å². The highest BCUT2D eigenvalue weighted by Gasteiger charge is 2.22. The van der Waals surface area contributed by atoms with Crippen LogP contribution in [0.3, 0.4) is 0 Å². The van der Waals surface area contributed by atoms with Crippen LogP contribution in [0.4, 0.5) is 5.69 Å². The third kappa shape index (κ3) is 4.39. The van der Waals surface area contributed by atoms with E-state index in [1.165, 1.54) is 12.1 Å². The molecule has 0 radical (unpaired) electrons. The summed E-state index contributed by atoms with van der Waals surface area (Å²) >= 11 is 0. The number of carbonyl (C=O) groups excluding carboxylic acids is 1. The molecule has 3 aromatic carbocycles. The number of nitrogens with zero attached hydrogens (tertiary/aromatic N) is 2. The average Bonchev–Trinajstić information content (AvgIpc) is 2.83. The zero-order valence-electron chi connectivity index (χ0n) is 17.5. The van der Waals surface area contributed by atoms with Crippen LogP contribution in [0.5, 0.6) is 17.2 Å². The Kier molecular flexibility index (Phi) is 6.03. The van der Waals surface area contributed by atoms with Crippen LogP contribution in [-0.4, -0.2) is 28.2 Å². The molecule has 0 saturated heterocycles. The van der Waals surface area contributed by atoms with Crippen LogP contribution < -0.4 is 9.64 Å². The van der Waals surface area contributed by atoms with Gasteiger partial charge in [-0.25, -0.2) is 0 Å². The van der Waals surface area contributed by atoms with E-state index in [1.54, 1.807) is 30.5 Å². The summed E-state index contributed by atoms with van der Waals surface area (Å²) in [6, 6.07) is 22.9. The minimum absolute atomic E-state index is 0.0977. The lowest BCUT2D eigenvalue weighted by atomic mass is 10.0. The summed E-state index contributed by atoms with van der Waals surface area (Å²) in [5.74, 6) is -0.0233. The summed E-state index contributed by atoms with van der Waals surface area (Å²) in [6.07, 6.45) is 3.36. The van der Waals surface area contributed by atoms with E-state index in [2.05, 4.69) is 4.98 Å². The van der Waals surface area contributed by atoms with Gasteiger partial charge in [-0.3, -0.25) is 9.78 Å². The molecule has 6 nitrogen and oxygen atoms in total. The third-order valence-corrected chi connectivity index (χ3v) is 5.12. The summed E-state index contributed by atoms with van der Waals surface area (Å²) < 4.78 is 5.46. The molecule has 6 heteroatoms. The average molecular weight is 426 g/mol. The van der Waals surface area contributed by atoms with Gasteiger partial charge in [0, 0.05) is 29.7 Å². The number of pyridine rings is 1. The fourth-order valence-corrected chi connectivity index (χ4v) is 3.50. The number of hydrogen-bond acceptors (Lipinski definition) is 5. The van der Waals surface area contributed by atoms with Crippen LogP contribution >= 0.6 is 0 Å². The van der Waals surface area contributed by atoms with E-state index in [-0.39, 0.29) is 23.6 Å². The smallest absolute Gasteiger partial charge is 0.262 e. The summed E-state index contributed by atoms with van der Waals surface area (Å²) in [7, 11) is 1.63. The second kappa shape index (κ2) is 9.22. The SMILES string of the molecule is COc1ccccc1-c1ccc(N(Cc2cccnc2)C(=O)c2ccc(O)cc2O)cc1. The Balaban J connectivity index is 1.72. The number of aromatic nitrogens is 1. The van der Waals surface area contributed by atoms with E-state index < -0.39 is 5.91 Å². The fraction of sp³-hybridized carbons (Fsp3) is 0.0769. The molecule has 1 heterocycles. The molecule has 4 aromatic rings. The van der Waals surface area contributed by atoms with Gasteiger partial charge in [0.25, 0.3) is 5.91 Å². The van der Waals surface area contributed by atoms with Crippen molar-refractivity contribution in [1.29, 1.82) is 0 Å². The van der Waals surface area contributed by atoms with Gasteiger partial charge in [0.1, 0.15) is 17.2 Å². The molecule has 0 unspecified atom stereocenters. The second-order valence-electron chi connectivity index (χ2n) is 7.20. The number of para-hydroxylation sites is 1. The molecule has 32 heavy (non-hydrogen) atoms. The third-order valence-electron chi connectivity index (χ3n) is 5.12. The van der Waals surface area contributed by atoms with E-state index in [1.807, 2.05) is 54.6 Å². The Morgan fingerprint density at radius 3 is 2.44 bits per heavy atom. The molecule has 0 bridgehead atoms. The molecule has 0 saturated carbocycles. The predicted molar refractivity (Wildman–Crippen MR) is 123 cm³/mol. The first kappa shape index (κ1) is 20.9. The van der Waals surface area contributed by atoms with Gasteiger partial charge >= 0.3 is 0 Å². The highest BCUT2D eigenvalue weighted by atomic mass is 16.5. The summed E-state index contributed by atoms with van der Waals surface area (Å²) in [5, 5.41) is 19.8. The summed E-state index contributed by atoms with van der Waals surface area (Å²) in [5.41, 5.74) is 3.49. The zero-order chi connectivity index (χ0) is 22.5. The molecular weight excluding hydrogens is 404 g/mol. The minimum Gasteiger partial charge on any atom is -0.508 e. The molecule has 0 fully saturated rings. The van der Waals surface area contributed by atoms with E-state index in [0.717, 1.165) is 28.5 Å². The number of ether oxygens (including phenoxy) is 1. The fourth-order valence-electron chi connectivity index (χ4n) is 3.50. The minimum atomic E-state index is -0.392. The van der Waals surface area contributed by atoms with Crippen LogP contribution in [0.2, 0.25) is 0 Å². The topological polar surface area (TPSA) is 82.9 Å². The quantitative estimate of drug-likeness (QED) is 0.453. The van der Waals surface area contributed by atoms with Gasteiger partial charge in [-0.1, -0.05) is 36.4 Å². The first-order valence-corrected chi connectivity index (χ1v) is 10.0. The zero-order valence-corrected chi connectivity index (χ0v) is 17.5. The van der Waals surface area contributed by atoms with Gasteiger partial charge in [-0.15, -0.1) is 0 Å². The highest BCUT2D eigenvalue weighted by molar-refractivity contribution is 6.08. The Morgan fingerprint density at radius 1 is 0.969 bits per heavy atom. The maximum absolute atomic E-state index is 13.4. The largest absolute Gasteiger partial charge is 0.508 e. The van der Waals surface area contributed by atoms with Crippen molar-refractivity contribution in [2.75, 3.05) is 12.0 Å². The lowest BCUT2D eigenvalue weighted by molar-refractivity contribution is 0.0982. The molecule has 0 aliphatic rings. The Hall–Kier alpha value is -4.32. The van der Waals surface area contributed by atoms with Gasteiger partial charge in [0.05, 0.1) is 19.2 Å². The van der Waals surface area contributed by atoms with E-state index in [9.17, 15) is 15.0 Å². The molecule has 2 N–H and O–H groups in total. The van der Waals surface area contributed by atoms with Crippen LogP contribution in [0.15, 0.2) is 91.3 Å². The number of anilines is 1. The highest BCUT2D eigenvalue weighted by Crippen LogP contribution is 2.32. The van der Waals surface area contributed by atoms with Crippen LogP contribution in [0.25, 0.3) is 11.1 Å². The second-order valence-corrected chi connectivity index (χ2v) is 7.20. The Bertz CT molecular complexity index is 1220. The van der Waals surface area contributed by atoms with Crippen molar-refractivity contribution < 1.29 is 19.7 Å². The van der Waals surface area contributed by atoms with Gasteiger partial charge in [0.15, 0.2) is 0 Å². The number of rotatable bonds is 6. The predicted octanol–water partition coefficient (Wildman–Crippen LogP) is 5.02. The summed E-state index contributed by atoms with van der Waals surface area (Å²) in [6.45, 7) is 0.265. The van der Waals surface area contributed by atoms with Crippen molar-refractivity contribution in [3.05, 3.63) is 102 Å². The number of phenolic OH excluding ortho intramolecular Hbond substituents is 2. The van der Waals surface area contributed by atoms with Gasteiger partial charge in [-0.2, -0.15) is 0 Å². The molecule has 4 rings (SSSR count). The Morgan fingerprint density at radius 2 is 1.75 bits per heavy atom. The standard InChI is InChI=1S/C26H22N2O4/c1-32-25-7-3-2-6-22(25)19-8-10-20(11-9-19)28(17-18-5-4-14-27-16-18)26(31)23-13-12-21(29)15-24(23)30/h2-16,29-30H,17H2,1H3. The van der Waals surface area contributed by atoms with Gasteiger partial charge in [-0.05, 0) is 47.5 Å². The number of benzene rings is 3. The summed E-state index contributed by atoms with van der Waals surface area (Å²) in [4.78, 5) is 19.1. The van der Waals surface area contributed by atoms with Crippen LogP contribution in [0.1, 0.15) is 15.9 Å². The van der Waals surface area contributed by atoms with Crippen molar-refractivity contribution in [2.45, 2.75) is 6.54 Å². The number of aromatic hydroxyl groups is 2. The van der Waals surface area contributed by atoms with Gasteiger partial charge in [0.2, 0.25) is 0 Å². The molecule has 0 aliphatic heterocycles. The van der Waals surface area contributed by atoms with Crippen LogP contribution in [-0.2, 0) is 6.54 Å². The number of phenols is 2. The van der Waals surface area contributed by atoms with Crippen molar-refractivity contribution >= 4 is 11.6 Å². The van der Waals surface area contributed by atoms with Crippen molar-refractivity contribution in [2.24, 2.45) is 0 Å². The normalized spacial score (nSPS) is 10.5. The first-order valence-electron chi connectivity index (χ1n) is 10.0. The van der Waals surface area contributed by atoms with E-state index in [0.29, 0.717) is 5.69 Å². The molecule has 1 amide bonds. The molecule has 160 valence electrons. The van der Waals surface area contributed by atoms with E-state index in [4.69, 9.17) is 4.74 Å². The lowest BCUT2D eigenvalue weighted by Crippen LogP contribution is -2.30. The van der Waals surface area contributed by atoms with Crippen LogP contribution in [0, 0.1) is 0 Å². The molecule has 1 aromatic heterocycles. The van der Waals surface area contributed by atoms with Crippen molar-refractivity contribution in [3.63, 3.8) is 0 Å². The van der Waals surface area contributed by atoms with Gasteiger partial charge < -0.3 is 19.8 Å². The first-order chi connectivity index (χ1) is 15.6. The molecule has 0 atom stereocenters. The van der Waals surface area contributed by atoms with Crippen molar-refractivity contribution in [3.8, 4) is 28.4 Å². The lowest BCUT2D eigenvalue weighted by Gasteiger charge is -2.24. The molecule has 0 aliphatic carbocycles. The number of amides is 1. The maximum Gasteiger partial charge on any atom is 0.262 e. The molecular formula is C26H22N2O4. The maximum atomic E-state index is 13.4. The monoisotopic (exact) mass is 426 g/mol.